The van der Waals surface area contributed by atoms with Crippen LogP contribution in [0.3, 0.4) is 0 Å². The molecule has 0 saturated heterocycles. The maximum absolute atomic E-state index is 12.4. The van der Waals surface area contributed by atoms with E-state index in [4.69, 9.17) is 0 Å². The lowest BCUT2D eigenvalue weighted by molar-refractivity contribution is -0.458. The van der Waals surface area contributed by atoms with Gasteiger partial charge in [0, 0.05) is 0 Å². The van der Waals surface area contributed by atoms with Crippen LogP contribution in [0.5, 0.6) is 0 Å². The highest BCUT2D eigenvalue weighted by molar-refractivity contribution is 5.02. The van der Waals surface area contributed by atoms with Crippen molar-refractivity contribution in [2.45, 2.75) is 44.4 Å². The number of rotatable bonds is 4. The topological polar surface area (TPSA) is 9.23 Å². The van der Waals surface area contributed by atoms with Gasteiger partial charge in [-0.05, 0) is 5.92 Å². The number of hydrogen-bond donors (Lipinski definition) is 0. The number of ether oxygens (including phenoxy) is 1. The Morgan fingerprint density at radius 2 is 1.11 bits per heavy atom. The van der Waals surface area contributed by atoms with Gasteiger partial charge in [-0.2, -0.15) is 39.5 Å². The monoisotopic (exact) mass is 306 g/mol. The van der Waals surface area contributed by atoms with Crippen molar-refractivity contribution in [1.82, 2.24) is 0 Å². The second-order valence-electron chi connectivity index (χ2n) is 4.00. The molecule has 0 aliphatic heterocycles. The average Bonchev–Trinajstić information content (AvgIpc) is 2.11. The number of hydrogen-bond acceptors (Lipinski definition) is 1. The Morgan fingerprint density at radius 3 is 1.32 bits per heavy atom. The molecule has 0 aliphatic carbocycles. The van der Waals surface area contributed by atoms with E-state index >= 15 is 0 Å². The molecule has 0 saturated carbocycles. The first-order valence-corrected chi connectivity index (χ1v) is 5.04. The number of halogens is 9. The first kappa shape index (κ1) is 18.3. The molecule has 0 aliphatic rings. The zero-order valence-electron chi connectivity index (χ0n) is 9.80. The lowest BCUT2D eigenvalue weighted by Crippen LogP contribution is -2.68. The van der Waals surface area contributed by atoms with Gasteiger partial charge in [-0.15, -0.1) is 0 Å². The molecule has 0 rings (SSSR count). The molecule has 116 valence electrons. The van der Waals surface area contributed by atoms with Gasteiger partial charge in [-0.25, -0.2) is 0 Å². The highest BCUT2D eigenvalue weighted by atomic mass is 19.4. The Bertz CT molecular complexity index is 251. The second-order valence-corrected chi connectivity index (χ2v) is 4.00. The molecule has 0 heterocycles. The predicted octanol–water partition coefficient (Wildman–Crippen LogP) is 4.47. The zero-order valence-corrected chi connectivity index (χ0v) is 9.80. The summed E-state index contributed by atoms with van der Waals surface area (Å²) in [4.78, 5) is 0. The Balaban J connectivity index is 5.69. The summed E-state index contributed by atoms with van der Waals surface area (Å²) in [6.45, 7) is 1.26. The smallest absolute Gasteiger partial charge is 0.351 e. The minimum absolute atomic E-state index is 0.0731. The normalized spacial score (nSPS) is 16.6. The largest absolute Gasteiger partial charge is 0.435 e. The third-order valence-electron chi connectivity index (χ3n) is 2.48. The molecule has 0 aromatic heterocycles. The Kier molecular flexibility index (Phi) is 5.18. The standard InChI is InChI=1S/C9H11F9O/c1-3-5(2)4-19-6(7(10,11)12,8(13,14)15)9(16,17)18/h5H,3-4H2,1-2H3. The molecular weight excluding hydrogens is 295 g/mol. The molecule has 0 N–H and O–H groups in total. The van der Waals surface area contributed by atoms with Crippen molar-refractivity contribution >= 4 is 0 Å². The third-order valence-corrected chi connectivity index (χ3v) is 2.48. The first-order chi connectivity index (χ1) is 8.20. The van der Waals surface area contributed by atoms with Gasteiger partial charge in [0.1, 0.15) is 0 Å². The van der Waals surface area contributed by atoms with Crippen molar-refractivity contribution in [2.75, 3.05) is 6.61 Å². The van der Waals surface area contributed by atoms with E-state index in [0.717, 1.165) is 0 Å². The van der Waals surface area contributed by atoms with Gasteiger partial charge in [-0.1, -0.05) is 20.3 Å². The SMILES string of the molecule is CCC(C)COC(C(F)(F)F)(C(F)(F)F)C(F)(F)F. The van der Waals surface area contributed by atoms with Crippen LogP contribution >= 0.6 is 0 Å². The van der Waals surface area contributed by atoms with Gasteiger partial charge >= 0.3 is 24.1 Å². The van der Waals surface area contributed by atoms with Crippen LogP contribution in [0, 0.1) is 5.92 Å². The summed E-state index contributed by atoms with van der Waals surface area (Å²) in [5, 5.41) is 0. The van der Waals surface area contributed by atoms with Gasteiger partial charge in [0.25, 0.3) is 0 Å². The molecule has 1 atom stereocenters. The van der Waals surface area contributed by atoms with E-state index in [1.807, 2.05) is 0 Å². The van der Waals surface area contributed by atoms with Crippen LogP contribution in [-0.4, -0.2) is 30.7 Å². The van der Waals surface area contributed by atoms with Crippen molar-refractivity contribution in [1.29, 1.82) is 0 Å². The van der Waals surface area contributed by atoms with E-state index in [1.165, 1.54) is 13.8 Å². The molecule has 10 heteroatoms. The van der Waals surface area contributed by atoms with E-state index in [-0.39, 0.29) is 6.42 Å². The van der Waals surface area contributed by atoms with Crippen molar-refractivity contribution in [3.8, 4) is 0 Å². The van der Waals surface area contributed by atoms with Crippen LogP contribution in [0.15, 0.2) is 0 Å². The van der Waals surface area contributed by atoms with Crippen LogP contribution in [0.4, 0.5) is 39.5 Å². The molecule has 0 fully saturated rings. The Labute approximate surface area is 102 Å². The Hall–Kier alpha value is -0.670. The summed E-state index contributed by atoms with van der Waals surface area (Å²) in [7, 11) is 0. The molecule has 0 spiro atoms. The maximum Gasteiger partial charge on any atom is 0.435 e. The summed E-state index contributed by atoms with van der Waals surface area (Å²) in [6, 6.07) is 0. The van der Waals surface area contributed by atoms with Crippen LogP contribution in [0.1, 0.15) is 20.3 Å². The van der Waals surface area contributed by atoms with Crippen LogP contribution in [0.25, 0.3) is 0 Å². The molecule has 0 bridgehead atoms. The quantitative estimate of drug-likeness (QED) is 0.696. The summed E-state index contributed by atoms with van der Waals surface area (Å²) in [5.41, 5.74) is -6.16. The number of alkyl halides is 9. The molecule has 1 nitrogen and oxygen atoms in total. The highest BCUT2D eigenvalue weighted by Crippen LogP contribution is 2.54. The van der Waals surface area contributed by atoms with E-state index in [1.54, 1.807) is 0 Å². The summed E-state index contributed by atoms with van der Waals surface area (Å²) in [6.07, 6.45) is -19.9. The Morgan fingerprint density at radius 1 is 0.789 bits per heavy atom. The summed E-state index contributed by atoms with van der Waals surface area (Å²) in [5.74, 6) is -0.883. The lowest BCUT2D eigenvalue weighted by atomic mass is 10.0. The van der Waals surface area contributed by atoms with Gasteiger partial charge in [-0.3, -0.25) is 0 Å². The van der Waals surface area contributed by atoms with E-state index in [2.05, 4.69) is 4.74 Å². The maximum atomic E-state index is 12.4. The van der Waals surface area contributed by atoms with E-state index in [9.17, 15) is 39.5 Å². The van der Waals surface area contributed by atoms with Gasteiger partial charge in [0.2, 0.25) is 0 Å². The third kappa shape index (κ3) is 3.46. The van der Waals surface area contributed by atoms with Crippen molar-refractivity contribution in [2.24, 2.45) is 5.92 Å². The minimum Gasteiger partial charge on any atom is -0.351 e. The van der Waals surface area contributed by atoms with Crippen LogP contribution in [0.2, 0.25) is 0 Å². The van der Waals surface area contributed by atoms with Crippen LogP contribution in [-0.2, 0) is 4.74 Å². The molecule has 0 aromatic carbocycles. The van der Waals surface area contributed by atoms with Gasteiger partial charge in [0.15, 0.2) is 0 Å². The molecule has 0 amide bonds. The minimum atomic E-state index is -6.66. The summed E-state index contributed by atoms with van der Waals surface area (Å²) >= 11 is 0. The molecule has 19 heavy (non-hydrogen) atoms. The molecule has 0 radical (unpaired) electrons. The van der Waals surface area contributed by atoms with Crippen molar-refractivity contribution in [3.05, 3.63) is 0 Å². The lowest BCUT2D eigenvalue weighted by Gasteiger charge is -2.38. The van der Waals surface area contributed by atoms with Crippen molar-refractivity contribution < 1.29 is 44.3 Å². The van der Waals surface area contributed by atoms with Gasteiger partial charge in [0.05, 0.1) is 6.61 Å². The highest BCUT2D eigenvalue weighted by Gasteiger charge is 2.85. The average molecular weight is 306 g/mol. The zero-order chi connectivity index (χ0) is 15.7. The van der Waals surface area contributed by atoms with Crippen molar-refractivity contribution in [3.63, 3.8) is 0 Å². The molecule has 0 aromatic rings. The van der Waals surface area contributed by atoms with E-state index < -0.39 is 36.7 Å². The fraction of sp³-hybridized carbons (Fsp3) is 1.00. The summed E-state index contributed by atoms with van der Waals surface area (Å²) < 4.78 is 115. The first-order valence-electron chi connectivity index (χ1n) is 5.04. The molecule has 1 unspecified atom stereocenters. The fourth-order valence-corrected chi connectivity index (χ4v) is 1.11. The molecular formula is C9H11F9O. The fourth-order valence-electron chi connectivity index (χ4n) is 1.11. The van der Waals surface area contributed by atoms with E-state index in [0.29, 0.717) is 0 Å². The van der Waals surface area contributed by atoms with Crippen LogP contribution < -0.4 is 0 Å². The second kappa shape index (κ2) is 5.37. The predicted molar refractivity (Wildman–Crippen MR) is 46.3 cm³/mol. The van der Waals surface area contributed by atoms with Gasteiger partial charge < -0.3 is 4.74 Å².